The minimum Gasteiger partial charge on any atom is -0.494 e. The van der Waals surface area contributed by atoms with Gasteiger partial charge in [-0.25, -0.2) is 0 Å². The third-order valence-electron chi connectivity index (χ3n) is 6.70. The number of para-hydroxylation sites is 2. The van der Waals surface area contributed by atoms with Crippen molar-refractivity contribution in [3.63, 3.8) is 0 Å². The Balaban J connectivity index is 1.18. The summed E-state index contributed by atoms with van der Waals surface area (Å²) in [6.07, 6.45) is 4.59. The van der Waals surface area contributed by atoms with Gasteiger partial charge in [0.2, 0.25) is 0 Å². The molecule has 4 aromatic rings. The van der Waals surface area contributed by atoms with Crippen LogP contribution in [-0.4, -0.2) is 47.8 Å². The Kier molecular flexibility index (Phi) is 6.58. The Morgan fingerprint density at radius 1 is 1.15 bits per heavy atom. The number of nitrogens with zero attached hydrogens (tertiary/aromatic N) is 2. The van der Waals surface area contributed by atoms with E-state index in [0.717, 1.165) is 42.4 Å². The molecule has 1 aliphatic rings. The number of aromatic nitrogens is 1. The summed E-state index contributed by atoms with van der Waals surface area (Å²) >= 11 is 0. The molecule has 0 bridgehead atoms. The van der Waals surface area contributed by atoms with Crippen molar-refractivity contribution in [2.24, 2.45) is 0 Å². The summed E-state index contributed by atoms with van der Waals surface area (Å²) in [5, 5.41) is 16.0. The molecule has 0 aliphatic carbocycles. The van der Waals surface area contributed by atoms with Crippen LogP contribution in [0.15, 0.2) is 70.2 Å². The molecule has 7 heteroatoms. The molecule has 5 rings (SSSR count). The van der Waals surface area contributed by atoms with Crippen molar-refractivity contribution in [3.8, 4) is 5.75 Å². The smallest absolute Gasteiger partial charge is 0.197 e. The van der Waals surface area contributed by atoms with Crippen molar-refractivity contribution < 1.29 is 14.3 Å². The molecule has 2 aromatic heterocycles. The highest BCUT2D eigenvalue weighted by atomic mass is 16.5. The fraction of sp³-hybridized carbons (Fsp3) is 0.333. The van der Waals surface area contributed by atoms with Crippen molar-refractivity contribution in [1.29, 1.82) is 0 Å². The van der Waals surface area contributed by atoms with Crippen molar-refractivity contribution in [2.45, 2.75) is 31.5 Å². The number of nitrogens with one attached hydrogen (secondary N) is 1. The van der Waals surface area contributed by atoms with Gasteiger partial charge in [-0.3, -0.25) is 9.78 Å². The van der Waals surface area contributed by atoms with Crippen molar-refractivity contribution in [2.75, 3.05) is 26.7 Å². The van der Waals surface area contributed by atoms with Gasteiger partial charge < -0.3 is 24.5 Å². The molecular weight excluding hydrogens is 430 g/mol. The fourth-order valence-electron chi connectivity index (χ4n) is 4.78. The first-order chi connectivity index (χ1) is 16.6. The summed E-state index contributed by atoms with van der Waals surface area (Å²) in [4.78, 5) is 19.4. The molecule has 0 spiro atoms. The van der Waals surface area contributed by atoms with E-state index in [0.29, 0.717) is 41.4 Å². The van der Waals surface area contributed by atoms with Crippen molar-refractivity contribution in [3.05, 3.63) is 82.3 Å². The Hall–Kier alpha value is -3.26. The van der Waals surface area contributed by atoms with E-state index >= 15 is 0 Å². The number of benzene rings is 2. The molecule has 0 radical (unpaired) electrons. The number of rotatable bonds is 7. The number of fused-ring (bicyclic) bond motifs is 2. The zero-order chi connectivity index (χ0) is 23.5. The van der Waals surface area contributed by atoms with Gasteiger partial charge in [0.05, 0.1) is 24.9 Å². The van der Waals surface area contributed by atoms with Crippen LogP contribution in [0.4, 0.5) is 0 Å². The molecule has 0 unspecified atom stereocenters. The second kappa shape index (κ2) is 9.93. The van der Waals surface area contributed by atoms with Crippen LogP contribution >= 0.6 is 0 Å². The summed E-state index contributed by atoms with van der Waals surface area (Å²) < 4.78 is 11.0. The number of hydrogen-bond donors (Lipinski definition) is 2. The minimum absolute atomic E-state index is 0.0242. The van der Waals surface area contributed by atoms with Crippen molar-refractivity contribution >= 4 is 21.9 Å². The van der Waals surface area contributed by atoms with Crippen LogP contribution in [0.2, 0.25) is 0 Å². The Morgan fingerprint density at radius 2 is 1.94 bits per heavy atom. The van der Waals surface area contributed by atoms with Crippen LogP contribution in [0.1, 0.15) is 30.1 Å². The van der Waals surface area contributed by atoms with E-state index in [2.05, 4.69) is 15.2 Å². The lowest BCUT2D eigenvalue weighted by atomic mass is 10.0. The third kappa shape index (κ3) is 4.55. The van der Waals surface area contributed by atoms with E-state index in [9.17, 15) is 9.90 Å². The van der Waals surface area contributed by atoms with Gasteiger partial charge in [-0.05, 0) is 55.8 Å². The number of β-amino-alcohol motifs (C(OH)–C–C–N with tert-alkyl or cyclic N) is 1. The number of piperidine rings is 1. The fourth-order valence-corrected chi connectivity index (χ4v) is 4.78. The molecule has 34 heavy (non-hydrogen) atoms. The van der Waals surface area contributed by atoms with Crippen LogP contribution in [0.5, 0.6) is 5.75 Å². The SMILES string of the molecule is COc1cccc2c([C@H](O)CN3CCC(NCc4coc5ccccc5c4=O)CC3)ccnc12. The van der Waals surface area contributed by atoms with Gasteiger partial charge in [-0.1, -0.05) is 24.3 Å². The highest BCUT2D eigenvalue weighted by molar-refractivity contribution is 5.87. The molecule has 1 fully saturated rings. The van der Waals surface area contributed by atoms with Gasteiger partial charge in [0.25, 0.3) is 0 Å². The molecule has 0 saturated carbocycles. The standard InChI is InChI=1S/C27H29N3O4/c1-33-25-8-4-6-21-20(9-12-28-26(21)25)23(31)16-30-13-10-19(11-14-30)29-15-18-17-34-24-7-3-2-5-22(24)27(18)32/h2-9,12,17,19,23,29,31H,10-11,13-16H2,1H3/t23-/m1/s1. The second-order valence-electron chi connectivity index (χ2n) is 8.81. The topological polar surface area (TPSA) is 87.8 Å². The van der Waals surface area contributed by atoms with Gasteiger partial charge in [0, 0.05) is 36.3 Å². The van der Waals surface area contributed by atoms with Gasteiger partial charge in [-0.2, -0.15) is 0 Å². The predicted molar refractivity (Wildman–Crippen MR) is 132 cm³/mol. The molecule has 7 nitrogen and oxygen atoms in total. The summed E-state index contributed by atoms with van der Waals surface area (Å²) in [5.41, 5.74) is 2.92. The van der Waals surface area contributed by atoms with E-state index in [4.69, 9.17) is 9.15 Å². The quantitative estimate of drug-likeness (QED) is 0.436. The highest BCUT2D eigenvalue weighted by Crippen LogP contribution is 2.29. The lowest BCUT2D eigenvalue weighted by molar-refractivity contribution is 0.0948. The molecule has 2 N–H and O–H groups in total. The number of aliphatic hydroxyl groups is 1. The summed E-state index contributed by atoms with van der Waals surface area (Å²) in [5.74, 6) is 0.707. The highest BCUT2D eigenvalue weighted by Gasteiger charge is 2.23. The van der Waals surface area contributed by atoms with Crippen LogP contribution < -0.4 is 15.5 Å². The summed E-state index contributed by atoms with van der Waals surface area (Å²) in [6, 6.07) is 15.3. The lowest BCUT2D eigenvalue weighted by Gasteiger charge is -2.33. The molecule has 0 amide bonds. The Morgan fingerprint density at radius 3 is 2.76 bits per heavy atom. The molecule has 1 aliphatic heterocycles. The normalized spacial score (nSPS) is 16.2. The van der Waals surface area contributed by atoms with Crippen LogP contribution in [0.3, 0.4) is 0 Å². The van der Waals surface area contributed by atoms with Crippen LogP contribution in [0, 0.1) is 0 Å². The second-order valence-corrected chi connectivity index (χ2v) is 8.81. The first kappa shape index (κ1) is 22.5. The van der Waals surface area contributed by atoms with Crippen molar-refractivity contribution in [1.82, 2.24) is 15.2 Å². The maximum Gasteiger partial charge on any atom is 0.197 e. The zero-order valence-electron chi connectivity index (χ0n) is 19.2. The number of aliphatic hydroxyl groups excluding tert-OH is 1. The largest absolute Gasteiger partial charge is 0.494 e. The lowest BCUT2D eigenvalue weighted by Crippen LogP contribution is -2.43. The average Bonchev–Trinajstić information content (AvgIpc) is 2.88. The van der Waals surface area contributed by atoms with Gasteiger partial charge in [0.15, 0.2) is 5.43 Å². The molecule has 1 saturated heterocycles. The van der Waals surface area contributed by atoms with Crippen LogP contribution in [0.25, 0.3) is 21.9 Å². The number of pyridine rings is 1. The summed E-state index contributed by atoms with van der Waals surface area (Å²) in [6.45, 7) is 2.82. The van der Waals surface area contributed by atoms with E-state index in [-0.39, 0.29) is 5.43 Å². The predicted octanol–water partition coefficient (Wildman–Crippen LogP) is 3.64. The van der Waals surface area contributed by atoms with Gasteiger partial charge in [0.1, 0.15) is 16.8 Å². The monoisotopic (exact) mass is 459 g/mol. The Bertz CT molecular complexity index is 1340. The third-order valence-corrected chi connectivity index (χ3v) is 6.70. The van der Waals surface area contributed by atoms with E-state index < -0.39 is 6.10 Å². The minimum atomic E-state index is -0.607. The maximum absolute atomic E-state index is 12.7. The molecule has 176 valence electrons. The van der Waals surface area contributed by atoms with E-state index in [1.54, 1.807) is 25.6 Å². The number of methoxy groups -OCH3 is 1. The average molecular weight is 460 g/mol. The maximum atomic E-state index is 12.7. The number of likely N-dealkylation sites (tertiary alicyclic amines) is 1. The zero-order valence-corrected chi connectivity index (χ0v) is 19.2. The first-order valence-corrected chi connectivity index (χ1v) is 11.7. The molecule has 1 atom stereocenters. The van der Waals surface area contributed by atoms with Gasteiger partial charge in [-0.15, -0.1) is 0 Å². The molecule has 2 aromatic carbocycles. The summed E-state index contributed by atoms with van der Waals surface area (Å²) in [7, 11) is 1.63. The number of ether oxygens (including phenoxy) is 1. The Labute approximate surface area is 198 Å². The van der Waals surface area contributed by atoms with Crippen LogP contribution in [-0.2, 0) is 6.54 Å². The molecular formula is C27H29N3O4. The number of hydrogen-bond acceptors (Lipinski definition) is 7. The van der Waals surface area contributed by atoms with E-state index in [1.807, 2.05) is 42.5 Å². The first-order valence-electron chi connectivity index (χ1n) is 11.7. The van der Waals surface area contributed by atoms with E-state index in [1.165, 1.54) is 0 Å². The van der Waals surface area contributed by atoms with Gasteiger partial charge >= 0.3 is 0 Å². The molecule has 3 heterocycles.